The van der Waals surface area contributed by atoms with Gasteiger partial charge in [-0.15, -0.1) is 22.7 Å². The number of thiophene rings is 2. The van der Waals surface area contributed by atoms with E-state index in [-0.39, 0.29) is 6.09 Å². The number of hydrogen-bond donors (Lipinski definition) is 0. The molecule has 0 aliphatic heterocycles. The fraction of sp³-hybridized carbons (Fsp3) is 0.308. The van der Waals surface area contributed by atoms with Crippen LogP contribution in [0.2, 0.25) is 0 Å². The van der Waals surface area contributed by atoms with Crippen LogP contribution >= 0.6 is 54.5 Å². The second kappa shape index (κ2) is 6.17. The molecule has 0 radical (unpaired) electrons. The first kappa shape index (κ1) is 16.0. The van der Waals surface area contributed by atoms with Gasteiger partial charge in [-0.2, -0.15) is 0 Å². The fourth-order valence-electron chi connectivity index (χ4n) is 1.45. The lowest BCUT2D eigenvalue weighted by molar-refractivity contribution is 0.0601. The molecule has 2 heterocycles. The zero-order chi connectivity index (χ0) is 14.9. The number of amides is 1. The Kier molecular flexibility index (Phi) is 4.94. The molecule has 2 aromatic rings. The summed E-state index contributed by atoms with van der Waals surface area (Å²) in [4.78, 5) is 14.1. The number of nitrogens with zero attached hydrogens (tertiary/aromatic N) is 1. The maximum atomic E-state index is 12.5. The van der Waals surface area contributed by atoms with Crippen molar-refractivity contribution in [3.8, 4) is 0 Å². The number of rotatable bonds is 2. The van der Waals surface area contributed by atoms with Crippen molar-refractivity contribution in [2.24, 2.45) is 0 Å². The molecule has 0 aromatic carbocycles. The molecule has 20 heavy (non-hydrogen) atoms. The summed E-state index contributed by atoms with van der Waals surface area (Å²) in [5, 5.41) is 1.64. The second-order valence-electron chi connectivity index (χ2n) is 4.97. The molecule has 0 aliphatic rings. The van der Waals surface area contributed by atoms with E-state index in [4.69, 9.17) is 4.74 Å². The average Bonchev–Trinajstić information content (AvgIpc) is 2.86. The maximum Gasteiger partial charge on any atom is 0.420 e. The van der Waals surface area contributed by atoms with Gasteiger partial charge in [0.2, 0.25) is 0 Å². The van der Waals surface area contributed by atoms with Gasteiger partial charge in [0.1, 0.15) is 15.6 Å². The summed E-state index contributed by atoms with van der Waals surface area (Å²) in [7, 11) is 0. The third-order valence-corrected chi connectivity index (χ3v) is 5.35. The number of halogens is 2. The molecule has 0 fully saturated rings. The lowest BCUT2D eigenvalue weighted by Gasteiger charge is -2.25. The summed E-state index contributed by atoms with van der Waals surface area (Å²) in [5.74, 6) is 0. The first-order valence-electron chi connectivity index (χ1n) is 5.80. The zero-order valence-electron chi connectivity index (χ0n) is 11.1. The normalized spacial score (nSPS) is 11.4. The maximum absolute atomic E-state index is 12.5. The molecule has 2 aromatic heterocycles. The minimum atomic E-state index is -0.529. The molecule has 0 N–H and O–H groups in total. The van der Waals surface area contributed by atoms with E-state index in [0.717, 1.165) is 17.6 Å². The predicted octanol–water partition coefficient (Wildman–Crippen LogP) is 6.41. The van der Waals surface area contributed by atoms with Crippen LogP contribution in [0, 0.1) is 0 Å². The smallest absolute Gasteiger partial charge is 0.420 e. The van der Waals surface area contributed by atoms with Gasteiger partial charge in [-0.3, -0.25) is 0 Å². The Morgan fingerprint density at radius 2 is 1.50 bits per heavy atom. The first-order chi connectivity index (χ1) is 9.26. The molecule has 0 spiro atoms. The molecule has 0 atom stereocenters. The largest absolute Gasteiger partial charge is 0.443 e. The molecule has 2 rings (SSSR count). The van der Waals surface area contributed by atoms with Crippen LogP contribution in [0.15, 0.2) is 31.8 Å². The van der Waals surface area contributed by atoms with Crippen LogP contribution in [0.5, 0.6) is 0 Å². The van der Waals surface area contributed by atoms with Crippen LogP contribution in [0.25, 0.3) is 0 Å². The highest BCUT2D eigenvalue weighted by Crippen LogP contribution is 2.40. The lowest BCUT2D eigenvalue weighted by Crippen LogP contribution is -2.33. The minimum Gasteiger partial charge on any atom is -0.443 e. The monoisotopic (exact) mass is 437 g/mol. The van der Waals surface area contributed by atoms with Gasteiger partial charge in [0.25, 0.3) is 0 Å². The van der Waals surface area contributed by atoms with Crippen molar-refractivity contribution in [1.82, 2.24) is 0 Å². The fourth-order valence-corrected chi connectivity index (χ4v) is 4.24. The van der Waals surface area contributed by atoms with Gasteiger partial charge in [-0.05, 0) is 76.9 Å². The van der Waals surface area contributed by atoms with Gasteiger partial charge in [0.05, 0.1) is 7.57 Å². The van der Waals surface area contributed by atoms with Crippen molar-refractivity contribution in [3.63, 3.8) is 0 Å². The molecular weight excluding hydrogens is 426 g/mol. The lowest BCUT2D eigenvalue weighted by atomic mass is 10.2. The molecule has 0 bridgehead atoms. The third-order valence-electron chi connectivity index (χ3n) is 2.13. The van der Waals surface area contributed by atoms with Gasteiger partial charge in [-0.25, -0.2) is 9.69 Å². The molecule has 0 aliphatic carbocycles. The summed E-state index contributed by atoms with van der Waals surface area (Å²) >= 11 is 9.82. The summed E-state index contributed by atoms with van der Waals surface area (Å²) in [6, 6.07) is 7.62. The topological polar surface area (TPSA) is 29.5 Å². The molecule has 3 nitrogen and oxygen atoms in total. The van der Waals surface area contributed by atoms with E-state index >= 15 is 0 Å². The predicted molar refractivity (Wildman–Crippen MR) is 92.4 cm³/mol. The van der Waals surface area contributed by atoms with E-state index in [1.165, 1.54) is 22.7 Å². The summed E-state index contributed by atoms with van der Waals surface area (Å²) in [5.41, 5.74) is -0.529. The Labute approximate surface area is 142 Å². The summed E-state index contributed by atoms with van der Waals surface area (Å²) < 4.78 is 7.44. The Morgan fingerprint density at radius 1 is 1.05 bits per heavy atom. The van der Waals surface area contributed by atoms with Gasteiger partial charge < -0.3 is 4.74 Å². The Hall–Kier alpha value is -0.370. The highest BCUT2D eigenvalue weighted by molar-refractivity contribution is 9.11. The highest BCUT2D eigenvalue weighted by atomic mass is 79.9. The van der Waals surface area contributed by atoms with E-state index in [1.54, 1.807) is 4.90 Å². The van der Waals surface area contributed by atoms with E-state index in [0.29, 0.717) is 0 Å². The molecule has 108 valence electrons. The van der Waals surface area contributed by atoms with Gasteiger partial charge in [-0.1, -0.05) is 0 Å². The van der Waals surface area contributed by atoms with E-state index in [2.05, 4.69) is 31.9 Å². The number of anilines is 2. The molecule has 0 saturated carbocycles. The minimum absolute atomic E-state index is 0.374. The molecule has 7 heteroatoms. The van der Waals surface area contributed by atoms with Crippen LogP contribution in [0.4, 0.5) is 14.8 Å². The Bertz CT molecular complexity index is 576. The van der Waals surface area contributed by atoms with Crippen LogP contribution in [-0.2, 0) is 4.74 Å². The van der Waals surface area contributed by atoms with Crippen LogP contribution in [-0.4, -0.2) is 11.7 Å². The SMILES string of the molecule is CC(C)(C)OC(=O)N(c1ccc(Br)s1)c1ccc(Br)s1. The average molecular weight is 439 g/mol. The number of carbonyl (C=O) groups is 1. The third kappa shape index (κ3) is 4.07. The van der Waals surface area contributed by atoms with Crippen molar-refractivity contribution in [1.29, 1.82) is 0 Å². The standard InChI is InChI=1S/C13H13Br2NO2S2/c1-13(2,3)18-12(17)16(10-6-4-8(14)19-10)11-7-5-9(15)20-11/h4-7H,1-3H3. The number of ether oxygens (including phenoxy) is 1. The molecule has 1 amide bonds. The van der Waals surface area contributed by atoms with Crippen LogP contribution in [0.3, 0.4) is 0 Å². The van der Waals surface area contributed by atoms with Crippen molar-refractivity contribution >= 4 is 70.6 Å². The van der Waals surface area contributed by atoms with E-state index < -0.39 is 5.60 Å². The van der Waals surface area contributed by atoms with Gasteiger partial charge >= 0.3 is 6.09 Å². The van der Waals surface area contributed by atoms with Gasteiger partial charge in [0, 0.05) is 0 Å². The van der Waals surface area contributed by atoms with Crippen LogP contribution in [0.1, 0.15) is 20.8 Å². The van der Waals surface area contributed by atoms with Crippen molar-refractivity contribution < 1.29 is 9.53 Å². The van der Waals surface area contributed by atoms with Crippen molar-refractivity contribution in [2.45, 2.75) is 26.4 Å². The molecular formula is C13H13Br2NO2S2. The quantitative estimate of drug-likeness (QED) is 0.542. The molecule has 0 unspecified atom stereocenters. The second-order valence-corrected chi connectivity index (χ2v) is 9.85. The van der Waals surface area contributed by atoms with Gasteiger partial charge in [0.15, 0.2) is 0 Å². The van der Waals surface area contributed by atoms with Crippen LogP contribution < -0.4 is 4.90 Å². The van der Waals surface area contributed by atoms with Crippen molar-refractivity contribution in [3.05, 3.63) is 31.8 Å². The summed E-state index contributed by atoms with van der Waals surface area (Å²) in [6.07, 6.45) is -0.374. The molecule has 0 saturated heterocycles. The van der Waals surface area contributed by atoms with E-state index in [1.807, 2.05) is 45.0 Å². The Balaban J connectivity index is 2.37. The van der Waals surface area contributed by atoms with Crippen molar-refractivity contribution in [2.75, 3.05) is 4.90 Å². The number of carbonyl (C=O) groups excluding carboxylic acids is 1. The van der Waals surface area contributed by atoms with E-state index in [9.17, 15) is 4.79 Å². The first-order valence-corrected chi connectivity index (χ1v) is 9.02. The zero-order valence-corrected chi connectivity index (χ0v) is 16.0. The summed E-state index contributed by atoms with van der Waals surface area (Å²) in [6.45, 7) is 5.58. The Morgan fingerprint density at radius 3 is 1.80 bits per heavy atom. The number of hydrogen-bond acceptors (Lipinski definition) is 4. The highest BCUT2D eigenvalue weighted by Gasteiger charge is 2.27.